The minimum absolute atomic E-state index is 0.0232. The van der Waals surface area contributed by atoms with Crippen LogP contribution in [0.5, 0.6) is 5.75 Å². The summed E-state index contributed by atoms with van der Waals surface area (Å²) < 4.78 is 52.1. The molecule has 1 atom stereocenters. The van der Waals surface area contributed by atoms with Gasteiger partial charge in [-0.15, -0.1) is 0 Å². The summed E-state index contributed by atoms with van der Waals surface area (Å²) in [6, 6.07) is 5.17. The number of rotatable bonds is 6. The lowest BCUT2D eigenvalue weighted by atomic mass is 10.0. The number of halogens is 4. The van der Waals surface area contributed by atoms with Crippen LogP contribution in [-0.4, -0.2) is 13.0 Å². The Kier molecular flexibility index (Phi) is 5.21. The zero-order chi connectivity index (χ0) is 12.8. The van der Waals surface area contributed by atoms with E-state index in [9.17, 15) is 17.6 Å². The first kappa shape index (κ1) is 13.8. The van der Waals surface area contributed by atoms with Gasteiger partial charge < -0.3 is 10.5 Å². The van der Waals surface area contributed by atoms with Gasteiger partial charge in [0.1, 0.15) is 5.75 Å². The molecular weight excluding hydrogens is 238 g/mol. The van der Waals surface area contributed by atoms with E-state index in [4.69, 9.17) is 5.73 Å². The van der Waals surface area contributed by atoms with Crippen LogP contribution in [0.1, 0.15) is 24.4 Å². The van der Waals surface area contributed by atoms with Gasteiger partial charge in [-0.05, 0) is 24.1 Å². The van der Waals surface area contributed by atoms with Gasteiger partial charge in [-0.1, -0.05) is 12.1 Å². The van der Waals surface area contributed by atoms with Gasteiger partial charge in [0.15, 0.2) is 0 Å². The Morgan fingerprint density at radius 2 is 1.82 bits per heavy atom. The number of hydrogen-bond donors (Lipinski definition) is 1. The molecule has 0 saturated heterocycles. The Labute approximate surface area is 96.4 Å². The molecule has 0 bridgehead atoms. The minimum Gasteiger partial charge on any atom is -0.435 e. The van der Waals surface area contributed by atoms with Crippen molar-refractivity contribution in [1.29, 1.82) is 0 Å². The predicted octanol–water partition coefficient (Wildman–Crippen LogP) is 3.33. The third-order valence-corrected chi connectivity index (χ3v) is 2.21. The monoisotopic (exact) mass is 251 g/mol. The molecule has 0 radical (unpaired) electrons. The standard InChI is InChI=1S/C11H13F4NO/c12-10(13)5-4-9(16)7-2-1-3-8(6-7)17-11(14)15/h1-3,6,9-11H,4-5,16H2. The van der Waals surface area contributed by atoms with E-state index in [0.717, 1.165) is 0 Å². The van der Waals surface area contributed by atoms with Crippen LogP contribution < -0.4 is 10.5 Å². The van der Waals surface area contributed by atoms with Gasteiger partial charge in [0.25, 0.3) is 0 Å². The van der Waals surface area contributed by atoms with Crippen molar-refractivity contribution in [2.75, 3.05) is 0 Å². The van der Waals surface area contributed by atoms with E-state index < -0.39 is 19.1 Å². The minimum atomic E-state index is -2.91. The highest BCUT2D eigenvalue weighted by Crippen LogP contribution is 2.23. The van der Waals surface area contributed by atoms with Gasteiger partial charge in [-0.3, -0.25) is 0 Å². The molecule has 0 spiro atoms. The van der Waals surface area contributed by atoms with E-state index in [-0.39, 0.29) is 18.6 Å². The maximum Gasteiger partial charge on any atom is 0.387 e. The number of benzene rings is 1. The fourth-order valence-corrected chi connectivity index (χ4v) is 1.39. The predicted molar refractivity (Wildman–Crippen MR) is 55.2 cm³/mol. The summed E-state index contributed by atoms with van der Waals surface area (Å²) in [6.45, 7) is -2.91. The second-order valence-corrected chi connectivity index (χ2v) is 3.53. The molecule has 0 heterocycles. The Morgan fingerprint density at radius 3 is 2.41 bits per heavy atom. The summed E-state index contributed by atoms with van der Waals surface area (Å²) in [7, 11) is 0. The summed E-state index contributed by atoms with van der Waals surface area (Å²) in [5.74, 6) is -0.0232. The molecule has 6 heteroatoms. The van der Waals surface area contributed by atoms with E-state index in [1.165, 1.54) is 18.2 Å². The quantitative estimate of drug-likeness (QED) is 0.787. The molecule has 1 aromatic carbocycles. The molecule has 2 N–H and O–H groups in total. The van der Waals surface area contributed by atoms with E-state index in [2.05, 4.69) is 4.74 Å². The molecular formula is C11H13F4NO. The van der Waals surface area contributed by atoms with Crippen molar-refractivity contribution in [3.63, 3.8) is 0 Å². The maximum absolute atomic E-state index is 12.0. The summed E-state index contributed by atoms with van der Waals surface area (Å²) in [4.78, 5) is 0. The van der Waals surface area contributed by atoms with Crippen LogP contribution in [0.15, 0.2) is 24.3 Å². The normalized spacial score (nSPS) is 13.1. The first-order valence-electron chi connectivity index (χ1n) is 5.07. The third-order valence-electron chi connectivity index (χ3n) is 2.21. The molecule has 0 amide bonds. The Morgan fingerprint density at radius 1 is 1.12 bits per heavy atom. The molecule has 0 aliphatic rings. The van der Waals surface area contributed by atoms with Crippen molar-refractivity contribution in [3.05, 3.63) is 29.8 Å². The van der Waals surface area contributed by atoms with Crippen molar-refractivity contribution in [1.82, 2.24) is 0 Å². The SMILES string of the molecule is NC(CCC(F)F)c1cccc(OC(F)F)c1. The van der Waals surface area contributed by atoms with Gasteiger partial charge >= 0.3 is 6.61 Å². The molecule has 17 heavy (non-hydrogen) atoms. The number of nitrogens with two attached hydrogens (primary N) is 1. The number of alkyl halides is 4. The Bertz CT molecular complexity index is 346. The Hall–Kier alpha value is -1.30. The van der Waals surface area contributed by atoms with Crippen LogP contribution in [0, 0.1) is 0 Å². The topological polar surface area (TPSA) is 35.2 Å². The van der Waals surface area contributed by atoms with Crippen LogP contribution in [0.2, 0.25) is 0 Å². The molecule has 1 aromatic rings. The first-order valence-corrected chi connectivity index (χ1v) is 5.07. The summed E-state index contributed by atoms with van der Waals surface area (Å²) >= 11 is 0. The lowest BCUT2D eigenvalue weighted by Gasteiger charge is -2.13. The molecule has 0 aliphatic carbocycles. The fourth-order valence-electron chi connectivity index (χ4n) is 1.39. The molecule has 1 rings (SSSR count). The summed E-state index contributed by atoms with van der Waals surface area (Å²) in [5, 5.41) is 0. The van der Waals surface area contributed by atoms with E-state index in [1.54, 1.807) is 6.07 Å². The van der Waals surface area contributed by atoms with Crippen LogP contribution in [0.4, 0.5) is 17.6 Å². The molecule has 2 nitrogen and oxygen atoms in total. The van der Waals surface area contributed by atoms with Gasteiger partial charge in [0.05, 0.1) is 0 Å². The van der Waals surface area contributed by atoms with Crippen molar-refractivity contribution in [3.8, 4) is 5.75 Å². The maximum atomic E-state index is 12.0. The summed E-state index contributed by atoms with van der Waals surface area (Å²) in [5.41, 5.74) is 6.17. The van der Waals surface area contributed by atoms with Crippen LogP contribution in [0.3, 0.4) is 0 Å². The van der Waals surface area contributed by atoms with Crippen LogP contribution in [0.25, 0.3) is 0 Å². The van der Waals surface area contributed by atoms with Crippen molar-refractivity contribution in [2.45, 2.75) is 31.9 Å². The zero-order valence-electron chi connectivity index (χ0n) is 8.95. The smallest absolute Gasteiger partial charge is 0.387 e. The number of ether oxygens (including phenoxy) is 1. The lowest BCUT2D eigenvalue weighted by Crippen LogP contribution is -2.12. The van der Waals surface area contributed by atoms with Crippen molar-refractivity contribution >= 4 is 0 Å². The third kappa shape index (κ3) is 5.04. The zero-order valence-corrected chi connectivity index (χ0v) is 8.95. The van der Waals surface area contributed by atoms with E-state index >= 15 is 0 Å². The highest BCUT2D eigenvalue weighted by Gasteiger charge is 2.12. The summed E-state index contributed by atoms with van der Waals surface area (Å²) in [6.07, 6.45) is -2.64. The molecule has 0 aromatic heterocycles. The second kappa shape index (κ2) is 6.44. The number of hydrogen-bond acceptors (Lipinski definition) is 2. The highest BCUT2D eigenvalue weighted by molar-refractivity contribution is 5.30. The highest BCUT2D eigenvalue weighted by atomic mass is 19.3. The van der Waals surface area contributed by atoms with Crippen molar-refractivity contribution in [2.24, 2.45) is 5.73 Å². The average Bonchev–Trinajstić information content (AvgIpc) is 2.25. The molecule has 0 fully saturated rings. The Balaban J connectivity index is 2.63. The van der Waals surface area contributed by atoms with Gasteiger partial charge in [0, 0.05) is 12.5 Å². The van der Waals surface area contributed by atoms with E-state index in [0.29, 0.717) is 5.56 Å². The average molecular weight is 251 g/mol. The van der Waals surface area contributed by atoms with Gasteiger partial charge in [-0.2, -0.15) is 8.78 Å². The molecule has 96 valence electrons. The van der Waals surface area contributed by atoms with Crippen LogP contribution >= 0.6 is 0 Å². The molecule has 0 aliphatic heterocycles. The second-order valence-electron chi connectivity index (χ2n) is 3.53. The largest absolute Gasteiger partial charge is 0.435 e. The van der Waals surface area contributed by atoms with Gasteiger partial charge in [-0.25, -0.2) is 8.78 Å². The van der Waals surface area contributed by atoms with Gasteiger partial charge in [0.2, 0.25) is 6.43 Å². The molecule has 0 saturated carbocycles. The van der Waals surface area contributed by atoms with E-state index in [1.807, 2.05) is 0 Å². The fraction of sp³-hybridized carbons (Fsp3) is 0.455. The van der Waals surface area contributed by atoms with Crippen molar-refractivity contribution < 1.29 is 22.3 Å². The lowest BCUT2D eigenvalue weighted by molar-refractivity contribution is -0.0499. The van der Waals surface area contributed by atoms with Crippen LogP contribution in [-0.2, 0) is 0 Å². The first-order chi connectivity index (χ1) is 7.99. The molecule has 1 unspecified atom stereocenters.